The molecule has 116 valence electrons. The Labute approximate surface area is 127 Å². The molecular formula is C16H30N2OS. The third-order valence-electron chi connectivity index (χ3n) is 4.65. The van der Waals surface area contributed by atoms with Crippen LogP contribution in [0.15, 0.2) is 0 Å². The van der Waals surface area contributed by atoms with E-state index in [9.17, 15) is 4.79 Å². The first-order valence-corrected chi connectivity index (χ1v) is 9.06. The van der Waals surface area contributed by atoms with E-state index in [1.807, 2.05) is 6.92 Å². The number of hydrogen-bond donors (Lipinski definition) is 2. The number of amides is 1. The second-order valence-corrected chi connectivity index (χ2v) is 8.90. The van der Waals surface area contributed by atoms with Crippen molar-refractivity contribution >= 4 is 17.7 Å². The van der Waals surface area contributed by atoms with Crippen molar-refractivity contribution in [3.8, 4) is 0 Å². The molecule has 1 amide bonds. The first kappa shape index (κ1) is 16.2. The van der Waals surface area contributed by atoms with Gasteiger partial charge in [0.2, 0.25) is 5.91 Å². The van der Waals surface area contributed by atoms with Gasteiger partial charge in [-0.15, -0.1) is 0 Å². The van der Waals surface area contributed by atoms with Crippen LogP contribution in [0.25, 0.3) is 0 Å². The van der Waals surface area contributed by atoms with E-state index in [0.717, 1.165) is 17.6 Å². The molecule has 0 aliphatic heterocycles. The van der Waals surface area contributed by atoms with Crippen LogP contribution in [0, 0.1) is 5.92 Å². The van der Waals surface area contributed by atoms with Crippen LogP contribution in [0.1, 0.15) is 65.7 Å². The number of rotatable bonds is 7. The molecule has 0 bridgehead atoms. The van der Waals surface area contributed by atoms with Gasteiger partial charge in [-0.3, -0.25) is 4.79 Å². The molecule has 0 heterocycles. The van der Waals surface area contributed by atoms with Gasteiger partial charge in [-0.2, -0.15) is 11.8 Å². The van der Waals surface area contributed by atoms with Crippen molar-refractivity contribution in [2.24, 2.45) is 11.7 Å². The fourth-order valence-corrected chi connectivity index (χ4v) is 5.19. The van der Waals surface area contributed by atoms with Crippen LogP contribution in [0.3, 0.4) is 0 Å². The molecule has 2 saturated carbocycles. The molecule has 2 aliphatic rings. The highest BCUT2D eigenvalue weighted by Gasteiger charge is 2.38. The van der Waals surface area contributed by atoms with E-state index in [1.165, 1.54) is 38.5 Å². The number of carbonyl (C=O) groups excluding carboxylic acids is 1. The van der Waals surface area contributed by atoms with Crippen molar-refractivity contribution in [3.63, 3.8) is 0 Å². The zero-order valence-corrected chi connectivity index (χ0v) is 14.0. The summed E-state index contributed by atoms with van der Waals surface area (Å²) in [5, 5.41) is 4.71. The first-order chi connectivity index (χ1) is 9.39. The Bertz CT molecular complexity index is 345. The third-order valence-corrected chi connectivity index (χ3v) is 6.10. The van der Waals surface area contributed by atoms with Gasteiger partial charge in [0.15, 0.2) is 0 Å². The highest BCUT2D eigenvalue weighted by atomic mass is 32.2. The molecule has 2 aliphatic carbocycles. The summed E-state index contributed by atoms with van der Waals surface area (Å²) in [5.74, 6) is 0.662. The maximum Gasteiger partial charge on any atom is 0.237 e. The molecule has 4 heteroatoms. The summed E-state index contributed by atoms with van der Waals surface area (Å²) < 4.78 is 0. The van der Waals surface area contributed by atoms with Crippen molar-refractivity contribution < 1.29 is 4.79 Å². The Hall–Kier alpha value is -0.220. The van der Waals surface area contributed by atoms with Crippen LogP contribution in [-0.4, -0.2) is 28.0 Å². The molecule has 0 aromatic heterocycles. The summed E-state index contributed by atoms with van der Waals surface area (Å²) in [7, 11) is 0. The number of thioether (sulfide) groups is 1. The van der Waals surface area contributed by atoms with Crippen LogP contribution in [0.5, 0.6) is 0 Å². The first-order valence-electron chi connectivity index (χ1n) is 8.12. The predicted molar refractivity (Wildman–Crippen MR) is 86.8 cm³/mol. The van der Waals surface area contributed by atoms with Gasteiger partial charge in [0.05, 0.1) is 5.54 Å². The molecule has 0 aromatic rings. The Morgan fingerprint density at radius 1 is 1.40 bits per heavy atom. The average molecular weight is 298 g/mol. The highest BCUT2D eigenvalue weighted by Crippen LogP contribution is 2.36. The molecule has 2 rings (SSSR count). The molecule has 3 N–H and O–H groups in total. The van der Waals surface area contributed by atoms with E-state index >= 15 is 0 Å². The molecule has 3 nitrogen and oxygen atoms in total. The van der Waals surface area contributed by atoms with Gasteiger partial charge < -0.3 is 11.1 Å². The monoisotopic (exact) mass is 298 g/mol. The van der Waals surface area contributed by atoms with Crippen LogP contribution in [0.4, 0.5) is 0 Å². The van der Waals surface area contributed by atoms with Gasteiger partial charge in [0.1, 0.15) is 0 Å². The number of hydrogen-bond acceptors (Lipinski definition) is 3. The smallest absolute Gasteiger partial charge is 0.237 e. The summed E-state index contributed by atoms with van der Waals surface area (Å²) in [4.78, 5) is 11.8. The maximum atomic E-state index is 11.8. The highest BCUT2D eigenvalue weighted by molar-refractivity contribution is 8.00. The minimum absolute atomic E-state index is 0.200. The second kappa shape index (κ2) is 6.69. The largest absolute Gasteiger partial charge is 0.368 e. The minimum Gasteiger partial charge on any atom is -0.368 e. The number of carbonyl (C=O) groups is 1. The SMILES string of the molecule is CC1CCCC(SC(C)CC(C)(NC2CC2)C(N)=O)C1. The summed E-state index contributed by atoms with van der Waals surface area (Å²) >= 11 is 2.07. The zero-order valence-electron chi connectivity index (χ0n) is 13.2. The van der Waals surface area contributed by atoms with Crippen LogP contribution < -0.4 is 11.1 Å². The standard InChI is InChI=1S/C16H30N2OS/c1-11-5-4-6-14(9-11)20-12(2)10-16(3,15(17)19)18-13-7-8-13/h11-14,18H,4-10H2,1-3H3,(H2,17,19). The summed E-state index contributed by atoms with van der Waals surface area (Å²) in [5.41, 5.74) is 5.11. The zero-order chi connectivity index (χ0) is 14.8. The van der Waals surface area contributed by atoms with Crippen LogP contribution in [0.2, 0.25) is 0 Å². The summed E-state index contributed by atoms with van der Waals surface area (Å²) in [6.07, 6.45) is 8.62. The average Bonchev–Trinajstić information content (AvgIpc) is 3.12. The number of primary amides is 1. The molecule has 4 unspecified atom stereocenters. The van der Waals surface area contributed by atoms with E-state index in [4.69, 9.17) is 5.73 Å². The lowest BCUT2D eigenvalue weighted by atomic mass is 9.90. The van der Waals surface area contributed by atoms with Gasteiger partial charge in [-0.05, 0) is 44.9 Å². The predicted octanol–water partition coefficient (Wildman–Crippen LogP) is 3.07. The lowest BCUT2D eigenvalue weighted by molar-refractivity contribution is -0.124. The van der Waals surface area contributed by atoms with Crippen molar-refractivity contribution in [2.75, 3.05) is 0 Å². The molecule has 0 radical (unpaired) electrons. The molecule has 0 spiro atoms. The van der Waals surface area contributed by atoms with Crippen molar-refractivity contribution in [1.29, 1.82) is 0 Å². The maximum absolute atomic E-state index is 11.8. The Kier molecular flexibility index (Phi) is 5.41. The van der Waals surface area contributed by atoms with E-state index in [-0.39, 0.29) is 5.91 Å². The minimum atomic E-state index is -0.534. The van der Waals surface area contributed by atoms with Gasteiger partial charge >= 0.3 is 0 Å². The van der Waals surface area contributed by atoms with Crippen molar-refractivity contribution in [1.82, 2.24) is 5.32 Å². The fourth-order valence-electron chi connectivity index (χ4n) is 3.36. The lowest BCUT2D eigenvalue weighted by Crippen LogP contribution is -2.55. The van der Waals surface area contributed by atoms with E-state index < -0.39 is 5.54 Å². The summed E-state index contributed by atoms with van der Waals surface area (Å²) in [6, 6.07) is 0.513. The molecule has 0 saturated heterocycles. The van der Waals surface area contributed by atoms with Gasteiger partial charge in [0.25, 0.3) is 0 Å². The normalized spacial score (nSPS) is 31.6. The van der Waals surface area contributed by atoms with E-state index in [0.29, 0.717) is 11.3 Å². The fraction of sp³-hybridized carbons (Fsp3) is 0.938. The molecule has 0 aromatic carbocycles. The molecule has 20 heavy (non-hydrogen) atoms. The van der Waals surface area contributed by atoms with Crippen molar-refractivity contribution in [2.45, 2.75) is 87.8 Å². The quantitative estimate of drug-likeness (QED) is 0.759. The topological polar surface area (TPSA) is 55.1 Å². The Morgan fingerprint density at radius 3 is 2.65 bits per heavy atom. The van der Waals surface area contributed by atoms with Gasteiger partial charge in [-0.25, -0.2) is 0 Å². The van der Waals surface area contributed by atoms with Gasteiger partial charge in [0, 0.05) is 16.5 Å². The lowest BCUT2D eigenvalue weighted by Gasteiger charge is -2.33. The number of nitrogens with two attached hydrogens (primary N) is 1. The third kappa shape index (κ3) is 4.66. The Balaban J connectivity index is 1.84. The molecule has 4 atom stereocenters. The number of nitrogens with one attached hydrogen (secondary N) is 1. The van der Waals surface area contributed by atoms with Crippen LogP contribution >= 0.6 is 11.8 Å². The van der Waals surface area contributed by atoms with E-state index in [1.54, 1.807) is 0 Å². The summed E-state index contributed by atoms with van der Waals surface area (Å²) in [6.45, 7) is 6.59. The second-order valence-electron chi connectivity index (χ2n) is 7.16. The Morgan fingerprint density at radius 2 is 2.10 bits per heavy atom. The van der Waals surface area contributed by atoms with Crippen molar-refractivity contribution in [3.05, 3.63) is 0 Å². The molecule has 2 fully saturated rings. The molecular weight excluding hydrogens is 268 g/mol. The van der Waals surface area contributed by atoms with Crippen LogP contribution in [-0.2, 0) is 4.79 Å². The van der Waals surface area contributed by atoms with E-state index in [2.05, 4.69) is 30.9 Å². The van der Waals surface area contributed by atoms with Gasteiger partial charge in [-0.1, -0.05) is 26.7 Å².